The van der Waals surface area contributed by atoms with E-state index < -0.39 is 11.9 Å². The summed E-state index contributed by atoms with van der Waals surface area (Å²) in [4.78, 5) is 29.0. The number of hydrogen-bond acceptors (Lipinski definition) is 3. The van der Waals surface area contributed by atoms with Crippen LogP contribution < -0.4 is 10.1 Å². The standard InChI is InChI=1S/C32H37FN2O3/c1-22-17-23(2)24(3)30(18-22)38-21-31(36)35(20-26-13-7-10-16-28(26)33)29(19-25-11-5-4-6-12-25)32(37)34-27-14-8-9-15-27/h4-7,10-13,16-18,27,29H,8-9,14-15,19-21H2,1-3H3,(H,34,37)/t29-/m0/s1. The summed E-state index contributed by atoms with van der Waals surface area (Å²) in [6.07, 6.45) is 4.34. The first-order valence-electron chi connectivity index (χ1n) is 13.4. The van der Waals surface area contributed by atoms with Crippen molar-refractivity contribution < 1.29 is 18.7 Å². The van der Waals surface area contributed by atoms with E-state index in [2.05, 4.69) is 11.4 Å². The molecule has 1 aliphatic carbocycles. The molecule has 1 aliphatic rings. The van der Waals surface area contributed by atoms with Gasteiger partial charge in [-0.3, -0.25) is 9.59 Å². The number of rotatable bonds is 10. The van der Waals surface area contributed by atoms with Crippen LogP contribution in [0.4, 0.5) is 4.39 Å². The number of ether oxygens (including phenoxy) is 1. The maximum absolute atomic E-state index is 14.8. The largest absolute Gasteiger partial charge is 0.483 e. The number of carbonyl (C=O) groups is 2. The molecule has 3 aromatic carbocycles. The van der Waals surface area contributed by atoms with E-state index in [9.17, 15) is 14.0 Å². The minimum absolute atomic E-state index is 0.0315. The summed E-state index contributed by atoms with van der Waals surface area (Å²) in [6.45, 7) is 5.66. The van der Waals surface area contributed by atoms with Crippen molar-refractivity contribution in [1.29, 1.82) is 0 Å². The van der Waals surface area contributed by atoms with Crippen LogP contribution in [-0.2, 0) is 22.6 Å². The molecule has 0 unspecified atom stereocenters. The van der Waals surface area contributed by atoms with Gasteiger partial charge in [0.1, 0.15) is 17.6 Å². The number of nitrogens with one attached hydrogen (secondary N) is 1. The Balaban J connectivity index is 1.64. The fourth-order valence-electron chi connectivity index (χ4n) is 5.10. The van der Waals surface area contributed by atoms with Crippen LogP contribution in [0.25, 0.3) is 0 Å². The van der Waals surface area contributed by atoms with Crippen molar-refractivity contribution in [3.8, 4) is 5.75 Å². The highest BCUT2D eigenvalue weighted by Crippen LogP contribution is 2.24. The quantitative estimate of drug-likeness (QED) is 0.369. The Kier molecular flexibility index (Phi) is 9.16. The molecule has 4 rings (SSSR count). The lowest BCUT2D eigenvalue weighted by molar-refractivity contribution is -0.143. The van der Waals surface area contributed by atoms with E-state index in [4.69, 9.17) is 4.74 Å². The first-order valence-corrected chi connectivity index (χ1v) is 13.4. The molecular formula is C32H37FN2O3. The molecule has 200 valence electrons. The lowest BCUT2D eigenvalue weighted by Crippen LogP contribution is -2.53. The number of aryl methyl sites for hydroxylation is 2. The highest BCUT2D eigenvalue weighted by atomic mass is 19.1. The van der Waals surface area contributed by atoms with Gasteiger partial charge in [-0.1, -0.05) is 67.4 Å². The van der Waals surface area contributed by atoms with Crippen LogP contribution in [0.5, 0.6) is 5.75 Å². The molecular weight excluding hydrogens is 479 g/mol. The molecule has 0 bridgehead atoms. The Hall–Kier alpha value is -3.67. The molecule has 0 heterocycles. The Morgan fingerprint density at radius 2 is 1.68 bits per heavy atom. The Bertz CT molecular complexity index is 1250. The zero-order chi connectivity index (χ0) is 27.1. The van der Waals surface area contributed by atoms with Crippen LogP contribution in [0.3, 0.4) is 0 Å². The van der Waals surface area contributed by atoms with Gasteiger partial charge in [-0.2, -0.15) is 0 Å². The fourth-order valence-corrected chi connectivity index (χ4v) is 5.10. The number of hydrogen-bond donors (Lipinski definition) is 1. The zero-order valence-corrected chi connectivity index (χ0v) is 22.5. The molecule has 6 heteroatoms. The number of carbonyl (C=O) groups excluding carboxylic acids is 2. The maximum Gasteiger partial charge on any atom is 0.261 e. The summed E-state index contributed by atoms with van der Waals surface area (Å²) < 4.78 is 20.8. The minimum Gasteiger partial charge on any atom is -0.483 e. The van der Waals surface area contributed by atoms with E-state index in [1.807, 2.05) is 57.2 Å². The summed E-state index contributed by atoms with van der Waals surface area (Å²) in [6, 6.07) is 19.3. The molecule has 1 saturated carbocycles. The third-order valence-electron chi connectivity index (χ3n) is 7.39. The third-order valence-corrected chi connectivity index (χ3v) is 7.39. The van der Waals surface area contributed by atoms with E-state index in [1.165, 1.54) is 11.0 Å². The molecule has 2 amide bonds. The highest BCUT2D eigenvalue weighted by molar-refractivity contribution is 5.88. The first-order chi connectivity index (χ1) is 18.3. The van der Waals surface area contributed by atoms with Crippen molar-refractivity contribution in [2.24, 2.45) is 0 Å². The predicted molar refractivity (Wildman–Crippen MR) is 147 cm³/mol. The second-order valence-electron chi connectivity index (χ2n) is 10.3. The van der Waals surface area contributed by atoms with E-state index in [0.29, 0.717) is 17.7 Å². The summed E-state index contributed by atoms with van der Waals surface area (Å²) >= 11 is 0. The van der Waals surface area contributed by atoms with Crippen LogP contribution in [-0.4, -0.2) is 35.4 Å². The molecule has 0 saturated heterocycles. The molecule has 1 fully saturated rings. The van der Waals surface area contributed by atoms with Gasteiger partial charge in [0.2, 0.25) is 5.91 Å². The number of benzene rings is 3. The van der Waals surface area contributed by atoms with E-state index >= 15 is 0 Å². The van der Waals surface area contributed by atoms with Gasteiger partial charge in [-0.05, 0) is 68.0 Å². The lowest BCUT2D eigenvalue weighted by atomic mass is 10.0. The normalized spacial score (nSPS) is 14.2. The van der Waals surface area contributed by atoms with Crippen molar-refractivity contribution in [3.05, 3.63) is 100 Å². The zero-order valence-electron chi connectivity index (χ0n) is 22.5. The molecule has 1 atom stereocenters. The summed E-state index contributed by atoms with van der Waals surface area (Å²) in [5, 5.41) is 3.17. The van der Waals surface area contributed by atoms with Crippen molar-refractivity contribution in [1.82, 2.24) is 10.2 Å². The molecule has 0 aromatic heterocycles. The van der Waals surface area contributed by atoms with E-state index in [-0.39, 0.29) is 31.0 Å². The van der Waals surface area contributed by atoms with Crippen molar-refractivity contribution in [3.63, 3.8) is 0 Å². The Morgan fingerprint density at radius 1 is 1.00 bits per heavy atom. The van der Waals surface area contributed by atoms with Crippen LogP contribution in [0.2, 0.25) is 0 Å². The monoisotopic (exact) mass is 516 g/mol. The average Bonchev–Trinajstić information content (AvgIpc) is 3.41. The summed E-state index contributed by atoms with van der Waals surface area (Å²) in [5.74, 6) is -0.356. The highest BCUT2D eigenvalue weighted by Gasteiger charge is 2.33. The van der Waals surface area contributed by atoms with Gasteiger partial charge in [0, 0.05) is 24.6 Å². The Labute approximate surface area is 225 Å². The van der Waals surface area contributed by atoms with Crippen molar-refractivity contribution >= 4 is 11.8 Å². The van der Waals surface area contributed by atoms with Crippen molar-refractivity contribution in [2.75, 3.05) is 6.61 Å². The average molecular weight is 517 g/mol. The topological polar surface area (TPSA) is 58.6 Å². The number of nitrogens with zero attached hydrogens (tertiary/aromatic N) is 1. The van der Waals surface area contributed by atoms with Gasteiger partial charge in [0.05, 0.1) is 0 Å². The molecule has 1 N–H and O–H groups in total. The molecule has 38 heavy (non-hydrogen) atoms. The van der Waals surface area contributed by atoms with Gasteiger partial charge in [-0.25, -0.2) is 4.39 Å². The smallest absolute Gasteiger partial charge is 0.261 e. The van der Waals surface area contributed by atoms with E-state index in [0.717, 1.165) is 47.9 Å². The van der Waals surface area contributed by atoms with Crippen LogP contribution >= 0.6 is 0 Å². The van der Waals surface area contributed by atoms with Crippen LogP contribution in [0.15, 0.2) is 66.7 Å². The summed E-state index contributed by atoms with van der Waals surface area (Å²) in [7, 11) is 0. The van der Waals surface area contributed by atoms with Gasteiger partial charge in [0.15, 0.2) is 6.61 Å². The number of amides is 2. The van der Waals surface area contributed by atoms with E-state index in [1.54, 1.807) is 18.2 Å². The predicted octanol–water partition coefficient (Wildman–Crippen LogP) is 5.83. The van der Waals surface area contributed by atoms with Gasteiger partial charge in [-0.15, -0.1) is 0 Å². The molecule has 0 aliphatic heterocycles. The van der Waals surface area contributed by atoms with Gasteiger partial charge < -0.3 is 15.0 Å². The molecule has 3 aromatic rings. The maximum atomic E-state index is 14.8. The molecule has 0 radical (unpaired) electrons. The summed E-state index contributed by atoms with van der Waals surface area (Å²) in [5.41, 5.74) is 4.36. The molecule has 0 spiro atoms. The number of halogens is 1. The first kappa shape index (κ1) is 27.4. The van der Waals surface area contributed by atoms with Gasteiger partial charge >= 0.3 is 0 Å². The van der Waals surface area contributed by atoms with Gasteiger partial charge in [0.25, 0.3) is 5.91 Å². The third kappa shape index (κ3) is 7.00. The SMILES string of the molecule is Cc1cc(C)c(C)c(OCC(=O)N(Cc2ccccc2F)[C@@H](Cc2ccccc2)C(=O)NC2CCCC2)c1. The van der Waals surface area contributed by atoms with Crippen LogP contribution in [0, 0.1) is 26.6 Å². The molecule has 5 nitrogen and oxygen atoms in total. The second-order valence-corrected chi connectivity index (χ2v) is 10.3. The fraction of sp³-hybridized carbons (Fsp3) is 0.375. The minimum atomic E-state index is -0.811. The van der Waals surface area contributed by atoms with Crippen molar-refractivity contribution in [2.45, 2.75) is 71.5 Å². The Morgan fingerprint density at radius 3 is 2.39 bits per heavy atom. The van der Waals surface area contributed by atoms with Crippen LogP contribution in [0.1, 0.15) is 53.5 Å². The second kappa shape index (κ2) is 12.7. The lowest BCUT2D eigenvalue weighted by Gasteiger charge is -2.32.